The molecule has 0 amide bonds. The molecule has 0 aromatic carbocycles. The summed E-state index contributed by atoms with van der Waals surface area (Å²) in [6.07, 6.45) is 3.26. The summed E-state index contributed by atoms with van der Waals surface area (Å²) in [6.45, 7) is 3.92. The number of aromatic nitrogens is 4. The van der Waals surface area contributed by atoms with E-state index >= 15 is 0 Å². The molecule has 2 aromatic rings. The monoisotopic (exact) mass is 428 g/mol. The molecule has 0 aliphatic carbocycles. The quantitative estimate of drug-likeness (QED) is 0.443. The molecule has 7 heteroatoms. The fourth-order valence-electron chi connectivity index (χ4n) is 1.07. The summed E-state index contributed by atoms with van der Waals surface area (Å²) in [5, 5.41) is 0. The first kappa shape index (κ1) is 13.7. The molecule has 2 heterocycles. The molecular formula is C9H14HgN4OS+. The molecular weight excluding hydrogens is 413 g/mol. The molecule has 5 nitrogen and oxygen atoms in total. The number of hydrogen-bond acceptors (Lipinski definition) is 3. The van der Waals surface area contributed by atoms with Crippen LogP contribution >= 0.6 is 12.2 Å². The van der Waals surface area contributed by atoms with Crippen molar-refractivity contribution in [3.63, 3.8) is 0 Å². The Morgan fingerprint density at radius 3 is 2.94 bits per heavy atom. The van der Waals surface area contributed by atoms with E-state index in [1.165, 1.54) is 3.93 Å². The molecule has 83 valence electrons. The molecule has 3 N–H and O–H groups in total. The van der Waals surface area contributed by atoms with Gasteiger partial charge >= 0.3 is 54.9 Å². The summed E-state index contributed by atoms with van der Waals surface area (Å²) < 4.78 is 7.03. The van der Waals surface area contributed by atoms with Gasteiger partial charge in [-0.3, -0.25) is 0 Å². The summed E-state index contributed by atoms with van der Waals surface area (Å²) in [6, 6.07) is 0. The van der Waals surface area contributed by atoms with Crippen molar-refractivity contribution in [1.82, 2.24) is 15.0 Å². The van der Waals surface area contributed by atoms with Gasteiger partial charge in [-0.1, -0.05) is 0 Å². The van der Waals surface area contributed by atoms with Gasteiger partial charge in [0, 0.05) is 0 Å². The molecule has 2 aromatic heterocycles. The van der Waals surface area contributed by atoms with Crippen molar-refractivity contribution in [2.75, 3.05) is 13.2 Å². The Bertz CT molecular complexity index is 465. The second-order valence-corrected chi connectivity index (χ2v) is 6.10. The van der Waals surface area contributed by atoms with Crippen LogP contribution in [0.4, 0.5) is 0 Å². The van der Waals surface area contributed by atoms with E-state index in [2.05, 4.69) is 19.9 Å². The van der Waals surface area contributed by atoms with Crippen molar-refractivity contribution in [3.8, 4) is 0 Å². The van der Waals surface area contributed by atoms with Gasteiger partial charge in [0.2, 0.25) is 16.6 Å². The van der Waals surface area contributed by atoms with Crippen LogP contribution < -0.4 is 4.98 Å². The Balaban J connectivity index is 0.000000187. The molecule has 0 aliphatic rings. The van der Waals surface area contributed by atoms with Crippen LogP contribution in [-0.2, 0) is 30.9 Å². The van der Waals surface area contributed by atoms with Crippen molar-refractivity contribution in [2.24, 2.45) is 0 Å². The van der Waals surface area contributed by atoms with Crippen LogP contribution in [0.3, 0.4) is 0 Å². The maximum Gasteiger partial charge on any atom is 0.249 e. The van der Waals surface area contributed by atoms with E-state index in [1.807, 2.05) is 6.92 Å². The van der Waals surface area contributed by atoms with Gasteiger partial charge < -0.3 is 4.98 Å². The number of nitrogens with one attached hydrogen (secondary N) is 3. The Morgan fingerprint density at radius 1 is 1.56 bits per heavy atom. The zero-order valence-electron chi connectivity index (χ0n) is 9.25. The number of hydrogen-bond donors (Lipinski definition) is 2. The van der Waals surface area contributed by atoms with E-state index in [-0.39, 0.29) is 0 Å². The molecule has 0 saturated heterocycles. The Hall–Kier alpha value is -0.335. The van der Waals surface area contributed by atoms with Gasteiger partial charge in [0.1, 0.15) is 0 Å². The van der Waals surface area contributed by atoms with Crippen LogP contribution in [0, 0.1) is 4.64 Å². The van der Waals surface area contributed by atoms with E-state index in [0.717, 1.165) is 50.5 Å². The second kappa shape index (κ2) is 7.86. The predicted molar refractivity (Wildman–Crippen MR) is 59.1 cm³/mol. The molecule has 0 spiro atoms. The Labute approximate surface area is 115 Å². The first-order valence-electron chi connectivity index (χ1n) is 5.09. The summed E-state index contributed by atoms with van der Waals surface area (Å²) in [7, 11) is 0. The predicted octanol–water partition coefficient (Wildman–Crippen LogP) is 1.42. The van der Waals surface area contributed by atoms with Crippen molar-refractivity contribution >= 4 is 23.4 Å². The van der Waals surface area contributed by atoms with Crippen molar-refractivity contribution in [3.05, 3.63) is 17.3 Å². The van der Waals surface area contributed by atoms with Gasteiger partial charge in [0.25, 0.3) is 0 Å². The van der Waals surface area contributed by atoms with Crippen LogP contribution in [0.5, 0.6) is 0 Å². The van der Waals surface area contributed by atoms with Gasteiger partial charge in [-0.05, 0) is 12.2 Å². The fourth-order valence-corrected chi connectivity index (χ4v) is 2.07. The van der Waals surface area contributed by atoms with E-state index in [9.17, 15) is 0 Å². The van der Waals surface area contributed by atoms with E-state index < -0.39 is 0 Å². The average molecular weight is 427 g/mol. The molecule has 2 rings (SSSR count). The number of imidazole rings is 1. The molecule has 0 radical (unpaired) electrons. The maximum absolute atomic E-state index is 5.03. The van der Waals surface area contributed by atoms with Gasteiger partial charge in [-0.25, -0.2) is 9.97 Å². The number of fused-ring (bicyclic) bond motifs is 1. The molecule has 0 atom stereocenters. The van der Waals surface area contributed by atoms with Crippen molar-refractivity contribution in [2.45, 2.75) is 10.9 Å². The minimum absolute atomic E-state index is 0.672. The SMILES string of the molecule is CCOC[CH2][Hg].S=c1[nH+]c[nH]c2nc[nH]c12. The summed E-state index contributed by atoms with van der Waals surface area (Å²) in [5.74, 6) is 0. The van der Waals surface area contributed by atoms with E-state index in [4.69, 9.17) is 17.0 Å². The smallest absolute Gasteiger partial charge is 0.249 e. The van der Waals surface area contributed by atoms with Gasteiger partial charge in [-0.15, -0.1) is 0 Å². The minimum Gasteiger partial charge on any atom is -0.337 e. The number of rotatable bonds is 3. The van der Waals surface area contributed by atoms with Crippen molar-refractivity contribution < 1.29 is 35.8 Å². The number of nitrogens with zero attached hydrogens (tertiary/aromatic N) is 1. The minimum atomic E-state index is 0.672. The molecule has 0 saturated carbocycles. The zero-order chi connectivity index (χ0) is 11.8. The van der Waals surface area contributed by atoms with Crippen LogP contribution in [-0.4, -0.2) is 28.2 Å². The Morgan fingerprint density at radius 2 is 2.38 bits per heavy atom. The number of aromatic amines is 3. The average Bonchev–Trinajstić information content (AvgIpc) is 2.77. The normalized spacial score (nSPS) is 9.94. The summed E-state index contributed by atoms with van der Waals surface area (Å²) in [4.78, 5) is 12.6. The largest absolute Gasteiger partial charge is 0.337 e. The van der Waals surface area contributed by atoms with Gasteiger partial charge in [-0.2, -0.15) is 4.98 Å². The molecule has 0 aliphatic heterocycles. The number of ether oxygens (including phenoxy) is 1. The van der Waals surface area contributed by atoms with Crippen molar-refractivity contribution in [1.29, 1.82) is 0 Å². The van der Waals surface area contributed by atoms with Gasteiger partial charge in [0.05, 0.1) is 6.33 Å². The molecule has 0 bridgehead atoms. The van der Waals surface area contributed by atoms with Crippen LogP contribution in [0.1, 0.15) is 6.92 Å². The first-order valence-corrected chi connectivity index (χ1v) is 9.38. The van der Waals surface area contributed by atoms with E-state index in [1.54, 1.807) is 12.7 Å². The summed E-state index contributed by atoms with van der Waals surface area (Å²) in [5.41, 5.74) is 1.63. The topological polar surface area (TPSA) is 67.8 Å². The maximum atomic E-state index is 5.03. The number of H-pyrrole nitrogens is 3. The van der Waals surface area contributed by atoms with Crippen LogP contribution in [0.25, 0.3) is 11.2 Å². The van der Waals surface area contributed by atoms with Crippen LogP contribution in [0.2, 0.25) is 3.93 Å². The van der Waals surface area contributed by atoms with Crippen LogP contribution in [0.15, 0.2) is 12.7 Å². The molecule has 0 fully saturated rings. The van der Waals surface area contributed by atoms with Gasteiger partial charge in [0.15, 0.2) is 5.52 Å². The third-order valence-corrected chi connectivity index (χ3v) is 3.22. The van der Waals surface area contributed by atoms with E-state index in [0.29, 0.717) is 4.64 Å². The third kappa shape index (κ3) is 4.27. The summed E-state index contributed by atoms with van der Waals surface area (Å²) >= 11 is 5.91. The fraction of sp³-hybridized carbons (Fsp3) is 0.444. The first-order chi connectivity index (χ1) is 7.79. The molecule has 0 unspecified atom stereocenters. The zero-order valence-corrected chi connectivity index (χ0v) is 15.6. The molecule has 16 heavy (non-hydrogen) atoms. The third-order valence-electron chi connectivity index (χ3n) is 1.77. The second-order valence-electron chi connectivity index (χ2n) is 2.94. The Kier molecular flexibility index (Phi) is 6.74. The standard InChI is InChI=1S/C5H4N4S.C4H9O.Hg/c10-5-3-4(7-1-6-3)8-2-9-5;1-3-5-4-2;/h1-2H,(H2,6,7,8,9,10);1,3-4H2,2H3;/p+1.